The molecule has 0 unspecified atom stereocenters. The molecule has 3 rings (SSSR count). The summed E-state index contributed by atoms with van der Waals surface area (Å²) in [4.78, 5) is 0. The molecule has 90 valence electrons. The summed E-state index contributed by atoms with van der Waals surface area (Å²) < 4.78 is 3.55. The maximum absolute atomic E-state index is 3.59. The fraction of sp³-hybridized carbons (Fsp3) is 0.429. The lowest BCUT2D eigenvalue weighted by atomic mass is 10.2. The number of aromatic nitrogens is 1. The van der Waals surface area contributed by atoms with Gasteiger partial charge in [0.25, 0.3) is 0 Å². The third-order valence-electron chi connectivity index (χ3n) is 3.41. The highest BCUT2D eigenvalue weighted by atomic mass is 79.9. The van der Waals surface area contributed by atoms with Gasteiger partial charge in [-0.05, 0) is 44.0 Å². The summed E-state index contributed by atoms with van der Waals surface area (Å²) in [5, 5.41) is 4.92. The van der Waals surface area contributed by atoms with Crippen molar-refractivity contribution in [1.29, 1.82) is 0 Å². The van der Waals surface area contributed by atoms with Crippen LogP contribution in [0.5, 0.6) is 0 Å². The highest BCUT2D eigenvalue weighted by Gasteiger charge is 2.20. The Kier molecular flexibility index (Phi) is 2.97. The van der Waals surface area contributed by atoms with E-state index >= 15 is 0 Å². The monoisotopic (exact) mass is 292 g/mol. The zero-order valence-corrected chi connectivity index (χ0v) is 11.6. The Labute approximate surface area is 110 Å². The lowest BCUT2D eigenvalue weighted by Gasteiger charge is -2.08. The second kappa shape index (κ2) is 4.46. The number of nitrogens with one attached hydrogen (secondary N) is 1. The van der Waals surface area contributed by atoms with Gasteiger partial charge in [-0.2, -0.15) is 0 Å². The van der Waals surface area contributed by atoms with Crippen molar-refractivity contribution in [2.75, 3.05) is 0 Å². The Balaban J connectivity index is 1.97. The summed E-state index contributed by atoms with van der Waals surface area (Å²) >= 11 is 3.54. The van der Waals surface area contributed by atoms with Gasteiger partial charge < -0.3 is 9.88 Å². The molecule has 0 radical (unpaired) electrons. The van der Waals surface area contributed by atoms with Gasteiger partial charge in [0.15, 0.2) is 0 Å². The van der Waals surface area contributed by atoms with E-state index in [1.165, 1.54) is 29.4 Å². The molecule has 0 atom stereocenters. The van der Waals surface area contributed by atoms with Crippen LogP contribution in [0.4, 0.5) is 0 Å². The summed E-state index contributed by atoms with van der Waals surface area (Å²) in [5.74, 6) is 0. The molecule has 17 heavy (non-hydrogen) atoms. The van der Waals surface area contributed by atoms with Gasteiger partial charge in [-0.15, -0.1) is 0 Å². The van der Waals surface area contributed by atoms with Crippen LogP contribution in [0.2, 0.25) is 0 Å². The van der Waals surface area contributed by atoms with Crippen LogP contribution in [-0.4, -0.2) is 10.6 Å². The van der Waals surface area contributed by atoms with Crippen molar-refractivity contribution in [3.63, 3.8) is 0 Å². The number of hydrogen-bond donors (Lipinski definition) is 1. The Bertz CT molecular complexity index is 540. The van der Waals surface area contributed by atoms with Crippen molar-refractivity contribution < 1.29 is 0 Å². The van der Waals surface area contributed by atoms with Crippen molar-refractivity contribution in [3.8, 4) is 0 Å². The summed E-state index contributed by atoms with van der Waals surface area (Å²) in [5.41, 5.74) is 2.73. The predicted molar refractivity (Wildman–Crippen MR) is 75.2 cm³/mol. The molecule has 2 aromatic rings. The summed E-state index contributed by atoms with van der Waals surface area (Å²) in [7, 11) is 0. The van der Waals surface area contributed by atoms with Crippen molar-refractivity contribution in [1.82, 2.24) is 9.88 Å². The fourth-order valence-corrected chi connectivity index (χ4v) is 2.73. The van der Waals surface area contributed by atoms with Crippen molar-refractivity contribution >= 4 is 26.8 Å². The minimum atomic E-state index is 0.769. The minimum absolute atomic E-state index is 0.769. The molecule has 1 fully saturated rings. The number of benzene rings is 1. The number of nitrogens with zero attached hydrogens (tertiary/aromatic N) is 1. The summed E-state index contributed by atoms with van der Waals surface area (Å²) in [6, 6.07) is 9.59. The molecule has 1 N–H and O–H groups in total. The van der Waals surface area contributed by atoms with Crippen LogP contribution in [0, 0.1) is 0 Å². The molecule has 3 heteroatoms. The second-order valence-corrected chi connectivity index (χ2v) is 5.65. The third-order valence-corrected chi connectivity index (χ3v) is 3.91. The van der Waals surface area contributed by atoms with E-state index < -0.39 is 0 Å². The molecular formula is C14H17BrN2. The van der Waals surface area contributed by atoms with E-state index in [2.05, 4.69) is 57.0 Å². The predicted octanol–water partition coefficient (Wildman–Crippen LogP) is 3.68. The van der Waals surface area contributed by atoms with Crippen LogP contribution in [0.1, 0.15) is 25.5 Å². The summed E-state index contributed by atoms with van der Waals surface area (Å²) in [6.07, 6.45) is 2.69. The Morgan fingerprint density at radius 3 is 2.88 bits per heavy atom. The molecule has 0 amide bonds. The first kappa shape index (κ1) is 11.3. The van der Waals surface area contributed by atoms with Crippen molar-refractivity contribution in [2.45, 2.75) is 38.9 Å². The first-order valence-electron chi connectivity index (χ1n) is 6.29. The molecule has 1 aromatic carbocycles. The van der Waals surface area contributed by atoms with E-state index in [9.17, 15) is 0 Å². The van der Waals surface area contributed by atoms with Crippen LogP contribution in [0.25, 0.3) is 10.9 Å². The van der Waals surface area contributed by atoms with Crippen molar-refractivity contribution in [2.24, 2.45) is 0 Å². The highest BCUT2D eigenvalue weighted by molar-refractivity contribution is 9.10. The molecule has 1 heterocycles. The average molecular weight is 293 g/mol. The van der Waals surface area contributed by atoms with Gasteiger partial charge in [-0.3, -0.25) is 0 Å². The smallest absolute Gasteiger partial charge is 0.0483 e. The molecule has 1 aromatic heterocycles. The van der Waals surface area contributed by atoms with Crippen molar-refractivity contribution in [3.05, 3.63) is 34.4 Å². The number of rotatable bonds is 4. The molecule has 2 nitrogen and oxygen atoms in total. The van der Waals surface area contributed by atoms with E-state index in [1.54, 1.807) is 0 Å². The van der Waals surface area contributed by atoms with Crippen LogP contribution in [0.3, 0.4) is 0 Å². The van der Waals surface area contributed by atoms with Gasteiger partial charge in [0.2, 0.25) is 0 Å². The van der Waals surface area contributed by atoms with Gasteiger partial charge in [-0.1, -0.05) is 15.9 Å². The van der Waals surface area contributed by atoms with Gasteiger partial charge in [0.1, 0.15) is 0 Å². The molecule has 0 bridgehead atoms. The second-order valence-electron chi connectivity index (χ2n) is 4.74. The minimum Gasteiger partial charge on any atom is -0.344 e. The quantitative estimate of drug-likeness (QED) is 0.910. The highest BCUT2D eigenvalue weighted by Crippen LogP contribution is 2.25. The number of fused-ring (bicyclic) bond motifs is 1. The zero-order chi connectivity index (χ0) is 11.8. The Morgan fingerprint density at radius 1 is 1.35 bits per heavy atom. The lowest BCUT2D eigenvalue weighted by Crippen LogP contribution is -2.17. The maximum Gasteiger partial charge on any atom is 0.0483 e. The number of aryl methyl sites for hydroxylation is 1. The van der Waals surface area contributed by atoms with E-state index in [4.69, 9.17) is 0 Å². The molecule has 0 saturated heterocycles. The lowest BCUT2D eigenvalue weighted by molar-refractivity contribution is 0.634. The van der Waals surface area contributed by atoms with Gasteiger partial charge >= 0.3 is 0 Å². The van der Waals surface area contributed by atoms with E-state index in [0.29, 0.717) is 0 Å². The topological polar surface area (TPSA) is 17.0 Å². The molecule has 0 spiro atoms. The molecule has 1 aliphatic rings. The Hall–Kier alpha value is -0.800. The summed E-state index contributed by atoms with van der Waals surface area (Å²) in [6.45, 7) is 4.24. The van der Waals surface area contributed by atoms with Crippen LogP contribution < -0.4 is 5.32 Å². The average Bonchev–Trinajstić information content (AvgIpc) is 3.07. The first-order valence-corrected chi connectivity index (χ1v) is 7.08. The van der Waals surface area contributed by atoms with E-state index in [-0.39, 0.29) is 0 Å². The van der Waals surface area contributed by atoms with Gasteiger partial charge in [-0.25, -0.2) is 0 Å². The van der Waals surface area contributed by atoms with E-state index in [0.717, 1.165) is 23.6 Å². The van der Waals surface area contributed by atoms with Gasteiger partial charge in [0.05, 0.1) is 0 Å². The molecule has 0 aliphatic heterocycles. The fourth-order valence-electron chi connectivity index (χ4n) is 2.36. The van der Waals surface area contributed by atoms with Gasteiger partial charge in [0, 0.05) is 40.2 Å². The normalized spacial score (nSPS) is 15.6. The SMILES string of the molecule is CCn1c(CNC2CC2)cc2cc(Br)ccc21. The molecular weight excluding hydrogens is 276 g/mol. The number of hydrogen-bond acceptors (Lipinski definition) is 1. The third kappa shape index (κ3) is 2.26. The first-order chi connectivity index (χ1) is 8.28. The largest absolute Gasteiger partial charge is 0.344 e. The number of halogens is 1. The molecule has 1 saturated carbocycles. The van der Waals surface area contributed by atoms with Crippen LogP contribution in [0.15, 0.2) is 28.7 Å². The zero-order valence-electron chi connectivity index (χ0n) is 10.0. The Morgan fingerprint density at radius 2 is 2.18 bits per heavy atom. The van der Waals surface area contributed by atoms with E-state index in [1.807, 2.05) is 0 Å². The standard InChI is InChI=1S/C14H17BrN2/c1-2-17-13(9-16-12-4-5-12)8-10-7-11(15)3-6-14(10)17/h3,6-8,12,16H,2,4-5,9H2,1H3. The maximum atomic E-state index is 3.59. The van der Waals surface area contributed by atoms with Crippen LogP contribution in [-0.2, 0) is 13.1 Å². The van der Waals surface area contributed by atoms with Crippen LogP contribution >= 0.6 is 15.9 Å². The molecule has 1 aliphatic carbocycles.